The highest BCUT2D eigenvalue weighted by Crippen LogP contribution is 2.26. The topological polar surface area (TPSA) is 83.6 Å². The van der Waals surface area contributed by atoms with E-state index in [-0.39, 0.29) is 23.9 Å². The summed E-state index contributed by atoms with van der Waals surface area (Å²) in [4.78, 5) is 24.2. The van der Waals surface area contributed by atoms with Crippen molar-refractivity contribution in [3.05, 3.63) is 60.2 Å². The number of hydrogen-bond donors (Lipinski definition) is 1. The number of carbonyl (C=O) groups is 2. The quantitative estimate of drug-likeness (QED) is 0.741. The summed E-state index contributed by atoms with van der Waals surface area (Å²) in [6.45, 7) is 0.460. The second-order valence-electron chi connectivity index (χ2n) is 6.48. The fourth-order valence-electron chi connectivity index (χ4n) is 3.07. The third kappa shape index (κ3) is 4.95. The molecule has 0 unspecified atom stereocenters. The van der Waals surface area contributed by atoms with Crippen LogP contribution in [-0.2, 0) is 14.8 Å². The molecule has 0 radical (unpaired) electrons. The van der Waals surface area contributed by atoms with E-state index in [1.165, 1.54) is 4.31 Å². The molecule has 3 rings (SSSR count). The summed E-state index contributed by atoms with van der Waals surface area (Å²) < 4.78 is 25.4. The highest BCUT2D eigenvalue weighted by Gasteiger charge is 2.28. The van der Waals surface area contributed by atoms with E-state index in [4.69, 9.17) is 0 Å². The minimum absolute atomic E-state index is 0.0182. The van der Waals surface area contributed by atoms with Crippen LogP contribution in [0.4, 0.5) is 11.4 Å². The number of Topliss-reactive ketones (excluding diaryl/α,β-unsaturated/α-hetero) is 1. The molecule has 1 heterocycles. The van der Waals surface area contributed by atoms with Gasteiger partial charge in [0, 0.05) is 30.6 Å². The second kappa shape index (κ2) is 8.35. The van der Waals surface area contributed by atoms with Crippen LogP contribution in [0.2, 0.25) is 0 Å². The van der Waals surface area contributed by atoms with Crippen molar-refractivity contribution >= 4 is 33.1 Å². The fraction of sp³-hybridized carbons (Fsp3) is 0.300. The van der Waals surface area contributed by atoms with Crippen LogP contribution in [0.3, 0.4) is 0 Å². The number of nitrogens with one attached hydrogen (secondary N) is 1. The summed E-state index contributed by atoms with van der Waals surface area (Å²) in [5.74, 6) is -0.0270. The number of amides is 1. The average Bonchev–Trinajstić information content (AvgIpc) is 3.01. The average molecular weight is 386 g/mol. The van der Waals surface area contributed by atoms with E-state index in [9.17, 15) is 18.0 Å². The molecule has 6 nitrogen and oxygen atoms in total. The molecule has 2 aromatic carbocycles. The maximum absolute atomic E-state index is 12.1. The molecule has 142 valence electrons. The van der Waals surface area contributed by atoms with Crippen molar-refractivity contribution in [2.75, 3.05) is 21.9 Å². The normalized spacial score (nSPS) is 15.5. The van der Waals surface area contributed by atoms with Crippen LogP contribution in [0, 0.1) is 0 Å². The maximum Gasteiger partial charge on any atom is 0.235 e. The number of ketones is 1. The van der Waals surface area contributed by atoms with Gasteiger partial charge in [0.15, 0.2) is 5.78 Å². The molecule has 1 aliphatic heterocycles. The van der Waals surface area contributed by atoms with E-state index in [1.54, 1.807) is 36.4 Å². The zero-order valence-corrected chi connectivity index (χ0v) is 15.7. The van der Waals surface area contributed by atoms with Gasteiger partial charge in [0.2, 0.25) is 15.9 Å². The molecular formula is C20H22N2O4S. The van der Waals surface area contributed by atoms with Gasteiger partial charge in [-0.3, -0.25) is 13.9 Å². The van der Waals surface area contributed by atoms with Crippen molar-refractivity contribution in [2.24, 2.45) is 0 Å². The standard InChI is InChI=1S/C20H22N2O4S/c23-19(16-7-2-1-3-8-16)11-5-12-20(24)21-17-9-4-10-18(15-17)22-13-6-14-27(22,25)26/h1-4,7-10,15H,5-6,11-14H2,(H,21,24). The molecule has 27 heavy (non-hydrogen) atoms. The zero-order valence-electron chi connectivity index (χ0n) is 14.9. The van der Waals surface area contributed by atoms with Crippen molar-refractivity contribution in [3.8, 4) is 0 Å². The summed E-state index contributed by atoms with van der Waals surface area (Å²) >= 11 is 0. The first-order valence-corrected chi connectivity index (χ1v) is 10.6. The molecule has 0 atom stereocenters. The van der Waals surface area contributed by atoms with Gasteiger partial charge >= 0.3 is 0 Å². The van der Waals surface area contributed by atoms with E-state index in [2.05, 4.69) is 5.32 Å². The predicted octanol–water partition coefficient (Wildman–Crippen LogP) is 3.22. The lowest BCUT2D eigenvalue weighted by Gasteiger charge is -2.17. The Labute approximate surface area is 159 Å². The van der Waals surface area contributed by atoms with Gasteiger partial charge in [0.1, 0.15) is 0 Å². The van der Waals surface area contributed by atoms with Gasteiger partial charge < -0.3 is 5.32 Å². The van der Waals surface area contributed by atoms with Crippen LogP contribution < -0.4 is 9.62 Å². The summed E-state index contributed by atoms with van der Waals surface area (Å²) in [5, 5.41) is 2.77. The van der Waals surface area contributed by atoms with Crippen molar-refractivity contribution in [2.45, 2.75) is 25.7 Å². The lowest BCUT2D eigenvalue weighted by Crippen LogP contribution is -2.25. The minimum atomic E-state index is -3.25. The number of carbonyl (C=O) groups excluding carboxylic acids is 2. The highest BCUT2D eigenvalue weighted by molar-refractivity contribution is 7.93. The summed E-state index contributed by atoms with van der Waals surface area (Å²) in [6.07, 6.45) is 1.60. The Kier molecular flexibility index (Phi) is 5.91. The van der Waals surface area contributed by atoms with E-state index in [1.807, 2.05) is 18.2 Å². The summed E-state index contributed by atoms with van der Waals surface area (Å²) in [6, 6.07) is 15.8. The molecule has 0 spiro atoms. The number of anilines is 2. The lowest BCUT2D eigenvalue weighted by atomic mass is 10.1. The van der Waals surface area contributed by atoms with Crippen molar-refractivity contribution < 1.29 is 18.0 Å². The maximum atomic E-state index is 12.1. The molecule has 1 aliphatic rings. The Balaban J connectivity index is 1.52. The molecule has 0 aliphatic carbocycles. The molecule has 2 aromatic rings. The molecule has 1 amide bonds. The Morgan fingerprint density at radius 3 is 2.48 bits per heavy atom. The van der Waals surface area contributed by atoms with Crippen molar-refractivity contribution in [1.82, 2.24) is 0 Å². The number of nitrogens with zero attached hydrogens (tertiary/aromatic N) is 1. The second-order valence-corrected chi connectivity index (χ2v) is 8.50. The van der Waals surface area contributed by atoms with Crippen molar-refractivity contribution in [3.63, 3.8) is 0 Å². The number of rotatable bonds is 7. The Bertz CT molecular complexity index is 926. The molecule has 1 fully saturated rings. The van der Waals surface area contributed by atoms with E-state index >= 15 is 0 Å². The van der Waals surface area contributed by atoms with Crippen LogP contribution in [0.1, 0.15) is 36.0 Å². The molecule has 1 N–H and O–H groups in total. The van der Waals surface area contributed by atoms with Gasteiger partial charge in [-0.2, -0.15) is 0 Å². The Morgan fingerprint density at radius 1 is 1.00 bits per heavy atom. The van der Waals surface area contributed by atoms with Crippen LogP contribution in [-0.4, -0.2) is 32.4 Å². The first-order valence-electron chi connectivity index (χ1n) is 8.94. The first kappa shape index (κ1) is 19.1. The van der Waals surface area contributed by atoms with Crippen LogP contribution in [0.15, 0.2) is 54.6 Å². The monoisotopic (exact) mass is 386 g/mol. The van der Waals surface area contributed by atoms with Crippen LogP contribution >= 0.6 is 0 Å². The highest BCUT2D eigenvalue weighted by atomic mass is 32.2. The van der Waals surface area contributed by atoms with E-state index < -0.39 is 10.0 Å². The SMILES string of the molecule is O=C(CCCC(=O)c1ccccc1)Nc1cccc(N2CCCS2(=O)=O)c1. The number of benzene rings is 2. The summed E-state index contributed by atoms with van der Waals surface area (Å²) in [7, 11) is -3.25. The molecule has 0 bridgehead atoms. The lowest BCUT2D eigenvalue weighted by molar-refractivity contribution is -0.116. The van der Waals surface area contributed by atoms with Gasteiger partial charge in [0.05, 0.1) is 11.4 Å². The third-order valence-corrected chi connectivity index (χ3v) is 6.29. The molecular weight excluding hydrogens is 364 g/mol. The van der Waals surface area contributed by atoms with E-state index in [0.717, 1.165) is 0 Å². The van der Waals surface area contributed by atoms with Gasteiger partial charge in [-0.05, 0) is 31.0 Å². The van der Waals surface area contributed by atoms with Gasteiger partial charge in [-0.15, -0.1) is 0 Å². The van der Waals surface area contributed by atoms with Gasteiger partial charge in [0.25, 0.3) is 0 Å². The van der Waals surface area contributed by atoms with Gasteiger partial charge in [-0.1, -0.05) is 36.4 Å². The fourth-order valence-corrected chi connectivity index (χ4v) is 4.63. The summed E-state index contributed by atoms with van der Waals surface area (Å²) in [5.41, 5.74) is 1.76. The predicted molar refractivity (Wildman–Crippen MR) is 105 cm³/mol. The van der Waals surface area contributed by atoms with Crippen LogP contribution in [0.25, 0.3) is 0 Å². The molecule has 0 aromatic heterocycles. The van der Waals surface area contributed by atoms with Crippen molar-refractivity contribution in [1.29, 1.82) is 0 Å². The molecule has 1 saturated heterocycles. The third-order valence-electron chi connectivity index (χ3n) is 4.42. The Hall–Kier alpha value is -2.67. The largest absolute Gasteiger partial charge is 0.326 e. The zero-order chi connectivity index (χ0) is 19.3. The molecule has 7 heteroatoms. The van der Waals surface area contributed by atoms with Gasteiger partial charge in [-0.25, -0.2) is 8.42 Å². The minimum Gasteiger partial charge on any atom is -0.326 e. The van der Waals surface area contributed by atoms with E-state index in [0.29, 0.717) is 42.7 Å². The molecule has 0 saturated carbocycles. The Morgan fingerprint density at radius 2 is 1.78 bits per heavy atom. The van der Waals surface area contributed by atoms with Crippen LogP contribution in [0.5, 0.6) is 0 Å². The smallest absolute Gasteiger partial charge is 0.235 e. The number of sulfonamides is 1. The first-order chi connectivity index (χ1) is 13.0. The number of hydrogen-bond acceptors (Lipinski definition) is 4.